The first-order chi connectivity index (χ1) is 16.5. The van der Waals surface area contributed by atoms with Crippen molar-refractivity contribution >= 4 is 46.7 Å². The number of benzene rings is 3. The Morgan fingerprint density at radius 2 is 1.85 bits per heavy atom. The highest BCUT2D eigenvalue weighted by atomic mass is 35.5. The van der Waals surface area contributed by atoms with Crippen molar-refractivity contribution in [3.05, 3.63) is 99.8 Å². The number of nitrogens with one attached hydrogen (secondary N) is 2. The summed E-state index contributed by atoms with van der Waals surface area (Å²) in [6.45, 7) is 0.0888. The molecule has 1 heterocycles. The molecule has 0 fully saturated rings. The van der Waals surface area contributed by atoms with Gasteiger partial charge in [-0.05, 0) is 42.0 Å². The number of nitriles is 1. The monoisotopic (exact) mass is 508 g/mol. The van der Waals surface area contributed by atoms with Gasteiger partial charge in [0.2, 0.25) is 0 Å². The summed E-state index contributed by atoms with van der Waals surface area (Å²) >= 11 is 14.2. The summed E-state index contributed by atoms with van der Waals surface area (Å²) in [4.78, 5) is 12.5. The van der Waals surface area contributed by atoms with E-state index >= 15 is 0 Å². The average molecular weight is 509 g/mol. The summed E-state index contributed by atoms with van der Waals surface area (Å²) in [6, 6.07) is 23.4. The molecule has 0 aliphatic rings. The molecule has 0 atom stereocenters. The van der Waals surface area contributed by atoms with Gasteiger partial charge in [-0.3, -0.25) is 4.57 Å². The van der Waals surface area contributed by atoms with Gasteiger partial charge >= 0.3 is 6.03 Å². The van der Waals surface area contributed by atoms with Gasteiger partial charge in [0, 0.05) is 16.5 Å². The number of rotatable bonds is 7. The number of thioether (sulfide) groups is 1. The maximum Gasteiger partial charge on any atom is 0.319 e. The number of carbonyl (C=O) groups is 1. The number of anilines is 1. The van der Waals surface area contributed by atoms with Crippen LogP contribution >= 0.6 is 35.0 Å². The van der Waals surface area contributed by atoms with Crippen molar-refractivity contribution in [1.82, 2.24) is 20.1 Å². The van der Waals surface area contributed by atoms with E-state index in [9.17, 15) is 4.79 Å². The number of carbonyl (C=O) groups excluding carboxylic acids is 1. The standard InChI is InChI=1S/C24H18Cl2N6OS/c25-18-9-10-20(26)21(12-18)32-22(30-31-24(32)34-15-16-5-2-1-3-6-16)14-28-23(33)29-19-8-4-7-17(11-19)13-27/h1-12H,14-15H2,(H2,28,29,33). The Hall–Kier alpha value is -3.51. The van der Waals surface area contributed by atoms with E-state index in [0.29, 0.717) is 43.7 Å². The molecule has 0 saturated heterocycles. The lowest BCUT2D eigenvalue weighted by Crippen LogP contribution is -2.29. The first-order valence-electron chi connectivity index (χ1n) is 10.1. The van der Waals surface area contributed by atoms with Crippen LogP contribution in [0.15, 0.2) is 78.0 Å². The SMILES string of the molecule is N#Cc1cccc(NC(=O)NCc2nnc(SCc3ccccc3)n2-c2cc(Cl)ccc2Cl)c1. The highest BCUT2D eigenvalue weighted by Gasteiger charge is 2.18. The number of nitrogens with zero attached hydrogens (tertiary/aromatic N) is 4. The lowest BCUT2D eigenvalue weighted by Gasteiger charge is -2.13. The predicted molar refractivity (Wildman–Crippen MR) is 134 cm³/mol. The van der Waals surface area contributed by atoms with Crippen LogP contribution in [0.1, 0.15) is 17.0 Å². The van der Waals surface area contributed by atoms with Crippen molar-refractivity contribution in [2.24, 2.45) is 0 Å². The number of urea groups is 1. The molecule has 0 radical (unpaired) electrons. The van der Waals surface area contributed by atoms with Crippen LogP contribution in [0.5, 0.6) is 0 Å². The summed E-state index contributed by atoms with van der Waals surface area (Å²) < 4.78 is 1.79. The molecule has 0 spiro atoms. The van der Waals surface area contributed by atoms with E-state index < -0.39 is 6.03 Å². The van der Waals surface area contributed by atoms with Crippen molar-refractivity contribution in [2.45, 2.75) is 17.5 Å². The lowest BCUT2D eigenvalue weighted by atomic mass is 10.2. The van der Waals surface area contributed by atoms with Crippen molar-refractivity contribution in [2.75, 3.05) is 5.32 Å². The zero-order valence-electron chi connectivity index (χ0n) is 17.7. The molecule has 0 bridgehead atoms. The van der Waals surface area contributed by atoms with Gasteiger partial charge in [-0.25, -0.2) is 4.79 Å². The third-order valence-corrected chi connectivity index (χ3v) is 6.27. The van der Waals surface area contributed by atoms with Gasteiger partial charge < -0.3 is 10.6 Å². The number of hydrogen-bond donors (Lipinski definition) is 2. The second-order valence-corrected chi connectivity index (χ2v) is 8.89. The van der Waals surface area contributed by atoms with Crippen LogP contribution in [0.2, 0.25) is 10.0 Å². The van der Waals surface area contributed by atoms with E-state index in [2.05, 4.69) is 20.8 Å². The molecule has 0 unspecified atom stereocenters. The summed E-state index contributed by atoms with van der Waals surface area (Å²) in [5.74, 6) is 1.17. The molecule has 34 heavy (non-hydrogen) atoms. The average Bonchev–Trinajstić information content (AvgIpc) is 3.26. The Bertz CT molecular complexity index is 1350. The Labute approximate surface area is 210 Å². The normalized spacial score (nSPS) is 10.5. The second-order valence-electron chi connectivity index (χ2n) is 7.10. The molecule has 2 N–H and O–H groups in total. The van der Waals surface area contributed by atoms with E-state index in [0.717, 1.165) is 5.56 Å². The van der Waals surface area contributed by atoms with Crippen LogP contribution in [-0.2, 0) is 12.3 Å². The Morgan fingerprint density at radius 3 is 2.65 bits per heavy atom. The fourth-order valence-corrected chi connectivity index (χ4v) is 4.42. The summed E-state index contributed by atoms with van der Waals surface area (Å²) in [6.07, 6.45) is 0. The maximum absolute atomic E-state index is 12.5. The molecule has 0 aliphatic heterocycles. The first kappa shape index (κ1) is 23.6. The smallest absolute Gasteiger partial charge is 0.319 e. The molecule has 7 nitrogen and oxygen atoms in total. The molecule has 4 aromatic rings. The van der Waals surface area contributed by atoms with E-state index in [1.165, 1.54) is 11.8 Å². The molecule has 4 rings (SSSR count). The summed E-state index contributed by atoms with van der Waals surface area (Å²) in [7, 11) is 0. The quantitative estimate of drug-likeness (QED) is 0.295. The van der Waals surface area contributed by atoms with Gasteiger partial charge in [-0.1, -0.05) is 71.4 Å². The molecule has 0 aliphatic carbocycles. The number of aromatic nitrogens is 3. The molecule has 0 saturated carbocycles. The number of halogens is 2. The zero-order valence-corrected chi connectivity index (χ0v) is 20.0. The van der Waals surface area contributed by atoms with E-state index in [1.54, 1.807) is 47.0 Å². The maximum atomic E-state index is 12.5. The fourth-order valence-electron chi connectivity index (χ4n) is 3.13. The van der Waals surface area contributed by atoms with Crippen molar-refractivity contribution in [1.29, 1.82) is 5.26 Å². The molecular weight excluding hydrogens is 491 g/mol. The third-order valence-electron chi connectivity index (χ3n) is 4.72. The van der Waals surface area contributed by atoms with Crippen molar-refractivity contribution in [3.8, 4) is 11.8 Å². The molecule has 3 aromatic carbocycles. The number of hydrogen-bond acceptors (Lipinski definition) is 5. The molecule has 170 valence electrons. The highest BCUT2D eigenvalue weighted by molar-refractivity contribution is 7.98. The molecular formula is C24H18Cl2N6OS. The number of amides is 2. The van der Waals surface area contributed by atoms with E-state index in [1.807, 2.05) is 36.4 Å². The molecule has 1 aromatic heterocycles. The lowest BCUT2D eigenvalue weighted by molar-refractivity contribution is 0.251. The van der Waals surface area contributed by atoms with Crippen LogP contribution in [0.3, 0.4) is 0 Å². The first-order valence-corrected chi connectivity index (χ1v) is 11.9. The van der Waals surface area contributed by atoms with Gasteiger partial charge in [-0.15, -0.1) is 10.2 Å². The third kappa shape index (κ3) is 5.88. The van der Waals surface area contributed by atoms with Gasteiger partial charge in [0.25, 0.3) is 0 Å². The van der Waals surface area contributed by atoms with E-state index in [-0.39, 0.29) is 6.54 Å². The van der Waals surface area contributed by atoms with Crippen LogP contribution in [0.4, 0.5) is 10.5 Å². The summed E-state index contributed by atoms with van der Waals surface area (Å²) in [5.41, 5.74) is 2.72. The van der Waals surface area contributed by atoms with Gasteiger partial charge in [0.1, 0.15) is 0 Å². The van der Waals surface area contributed by atoms with Crippen LogP contribution in [0.25, 0.3) is 5.69 Å². The van der Waals surface area contributed by atoms with Gasteiger partial charge in [0.15, 0.2) is 11.0 Å². The summed E-state index contributed by atoms with van der Waals surface area (Å²) in [5, 5.41) is 24.7. The molecule has 10 heteroatoms. The van der Waals surface area contributed by atoms with Gasteiger partial charge in [0.05, 0.1) is 28.9 Å². The highest BCUT2D eigenvalue weighted by Crippen LogP contribution is 2.30. The van der Waals surface area contributed by atoms with E-state index in [4.69, 9.17) is 28.5 Å². The second kappa shape index (κ2) is 11.1. The largest absolute Gasteiger partial charge is 0.331 e. The van der Waals surface area contributed by atoms with Crippen molar-refractivity contribution in [3.63, 3.8) is 0 Å². The van der Waals surface area contributed by atoms with Crippen LogP contribution < -0.4 is 10.6 Å². The van der Waals surface area contributed by atoms with Gasteiger partial charge in [-0.2, -0.15) is 5.26 Å². The van der Waals surface area contributed by atoms with Crippen LogP contribution in [-0.4, -0.2) is 20.8 Å². The Kier molecular flexibility index (Phi) is 7.70. The molecule has 2 amide bonds. The Morgan fingerprint density at radius 1 is 1.03 bits per heavy atom. The minimum atomic E-state index is -0.444. The fraction of sp³-hybridized carbons (Fsp3) is 0.0833. The topological polar surface area (TPSA) is 95.6 Å². The Balaban J connectivity index is 1.55. The minimum Gasteiger partial charge on any atom is -0.331 e. The van der Waals surface area contributed by atoms with Crippen LogP contribution in [0, 0.1) is 11.3 Å². The van der Waals surface area contributed by atoms with Crippen molar-refractivity contribution < 1.29 is 4.79 Å². The minimum absolute atomic E-state index is 0.0888. The zero-order chi connectivity index (χ0) is 23.9. The predicted octanol–water partition coefficient (Wildman–Crippen LogP) is 6.06.